The van der Waals surface area contributed by atoms with Crippen LogP contribution in [0.4, 0.5) is 0 Å². The van der Waals surface area contributed by atoms with Gasteiger partial charge in [0, 0.05) is 0 Å². The molecule has 21 heavy (non-hydrogen) atoms. The molecule has 2 rings (SSSR count). The van der Waals surface area contributed by atoms with Crippen LogP contribution in [0.15, 0.2) is 18.2 Å². The van der Waals surface area contributed by atoms with Crippen LogP contribution >= 0.6 is 0 Å². The molecule has 0 aliphatic carbocycles. The van der Waals surface area contributed by atoms with Crippen LogP contribution in [0.25, 0.3) is 0 Å². The second kappa shape index (κ2) is 5.35. The predicted octanol–water partition coefficient (Wildman–Crippen LogP) is 0.180. The molecule has 1 aliphatic heterocycles. The van der Waals surface area contributed by atoms with Gasteiger partial charge in [0.2, 0.25) is 5.91 Å². The number of imide groups is 1. The number of aryl methyl sites for hydroxylation is 1. The summed E-state index contributed by atoms with van der Waals surface area (Å²) in [6.45, 7) is 2.59. The molecule has 0 spiro atoms. The lowest BCUT2D eigenvalue weighted by atomic mass is 10.1. The third kappa shape index (κ3) is 2.76. The highest BCUT2D eigenvalue weighted by Crippen LogP contribution is 2.23. The lowest BCUT2D eigenvalue weighted by Gasteiger charge is -2.15. The van der Waals surface area contributed by atoms with Gasteiger partial charge >= 0.3 is 5.97 Å². The van der Waals surface area contributed by atoms with Crippen molar-refractivity contribution in [2.75, 3.05) is 6.54 Å². The Balaban J connectivity index is 2.13. The second-order valence-corrected chi connectivity index (χ2v) is 4.87. The number of carbonyl (C=O) groups excluding carboxylic acids is 3. The van der Waals surface area contributed by atoms with Gasteiger partial charge < -0.3 is 10.4 Å². The van der Waals surface area contributed by atoms with Crippen molar-refractivity contribution < 1.29 is 24.3 Å². The van der Waals surface area contributed by atoms with E-state index < -0.39 is 36.3 Å². The van der Waals surface area contributed by atoms with Crippen molar-refractivity contribution in [3.8, 4) is 0 Å². The minimum absolute atomic E-state index is 0.254. The fourth-order valence-electron chi connectivity index (χ4n) is 2.04. The van der Waals surface area contributed by atoms with E-state index in [9.17, 15) is 19.2 Å². The van der Waals surface area contributed by atoms with Gasteiger partial charge in [0.15, 0.2) is 0 Å². The molecule has 0 radical (unpaired) electrons. The molecule has 7 nitrogen and oxygen atoms in total. The predicted molar refractivity (Wildman–Crippen MR) is 71.8 cm³/mol. The van der Waals surface area contributed by atoms with Crippen LogP contribution in [-0.4, -0.2) is 46.3 Å². The highest BCUT2D eigenvalue weighted by molar-refractivity contribution is 6.22. The molecule has 0 bridgehead atoms. The first-order chi connectivity index (χ1) is 9.81. The van der Waals surface area contributed by atoms with Crippen LogP contribution in [0.5, 0.6) is 0 Å². The summed E-state index contributed by atoms with van der Waals surface area (Å²) in [5, 5.41) is 10.9. The molecule has 3 amide bonds. The lowest BCUT2D eigenvalue weighted by Crippen LogP contribution is -2.45. The molecule has 7 heteroatoms. The smallest absolute Gasteiger partial charge is 0.325 e. The van der Waals surface area contributed by atoms with Crippen molar-refractivity contribution in [2.45, 2.75) is 19.9 Å². The van der Waals surface area contributed by atoms with Gasteiger partial charge in [0.25, 0.3) is 11.8 Å². The number of carboxylic acids is 1. The third-order valence-electron chi connectivity index (χ3n) is 3.18. The van der Waals surface area contributed by atoms with Crippen molar-refractivity contribution in [1.82, 2.24) is 10.2 Å². The molecule has 2 N–H and O–H groups in total. The highest BCUT2D eigenvalue weighted by Gasteiger charge is 2.36. The number of carboxylic acid groups (broad SMARTS) is 1. The SMILES string of the molecule is Cc1ccc2c(c1)C(=O)N(CC(=O)N[C@H](C)C(=O)O)C2=O. The molecule has 1 aromatic carbocycles. The normalized spacial score (nSPS) is 14.9. The number of benzene rings is 1. The molecular formula is C14H14N2O5. The molecule has 1 heterocycles. The van der Waals surface area contributed by atoms with Crippen LogP contribution < -0.4 is 5.32 Å². The van der Waals surface area contributed by atoms with Crippen LogP contribution in [0.2, 0.25) is 0 Å². The second-order valence-electron chi connectivity index (χ2n) is 4.87. The number of hydrogen-bond donors (Lipinski definition) is 2. The van der Waals surface area contributed by atoms with Gasteiger partial charge in [-0.3, -0.25) is 24.1 Å². The van der Waals surface area contributed by atoms with E-state index in [4.69, 9.17) is 5.11 Å². The maximum Gasteiger partial charge on any atom is 0.325 e. The van der Waals surface area contributed by atoms with Gasteiger partial charge in [-0.25, -0.2) is 0 Å². The number of hydrogen-bond acceptors (Lipinski definition) is 4. The topological polar surface area (TPSA) is 104 Å². The summed E-state index contributed by atoms with van der Waals surface area (Å²) < 4.78 is 0. The fraction of sp³-hybridized carbons (Fsp3) is 0.286. The summed E-state index contributed by atoms with van der Waals surface area (Å²) in [7, 11) is 0. The molecule has 1 atom stereocenters. The number of nitrogens with zero attached hydrogens (tertiary/aromatic N) is 1. The Morgan fingerprint density at radius 2 is 1.86 bits per heavy atom. The van der Waals surface area contributed by atoms with E-state index in [1.54, 1.807) is 25.1 Å². The van der Waals surface area contributed by atoms with E-state index in [1.165, 1.54) is 6.92 Å². The molecule has 0 fully saturated rings. The minimum atomic E-state index is -1.19. The Hall–Kier alpha value is -2.70. The monoisotopic (exact) mass is 290 g/mol. The zero-order valence-corrected chi connectivity index (χ0v) is 11.5. The van der Waals surface area contributed by atoms with Crippen LogP contribution in [0, 0.1) is 6.92 Å². The Bertz CT molecular complexity index is 653. The van der Waals surface area contributed by atoms with Gasteiger partial charge in [-0.15, -0.1) is 0 Å². The highest BCUT2D eigenvalue weighted by atomic mass is 16.4. The first-order valence-electron chi connectivity index (χ1n) is 6.30. The Morgan fingerprint density at radius 3 is 2.48 bits per heavy atom. The Morgan fingerprint density at radius 1 is 1.24 bits per heavy atom. The molecular weight excluding hydrogens is 276 g/mol. The van der Waals surface area contributed by atoms with E-state index >= 15 is 0 Å². The van der Waals surface area contributed by atoms with Crippen molar-refractivity contribution in [3.05, 3.63) is 34.9 Å². The van der Waals surface area contributed by atoms with Gasteiger partial charge in [-0.2, -0.15) is 0 Å². The van der Waals surface area contributed by atoms with Crippen LogP contribution in [-0.2, 0) is 9.59 Å². The molecule has 0 saturated carbocycles. The summed E-state index contributed by atoms with van der Waals surface area (Å²) in [6, 6.07) is 3.76. The zero-order valence-electron chi connectivity index (χ0n) is 11.5. The molecule has 0 aromatic heterocycles. The Kier molecular flexibility index (Phi) is 3.75. The minimum Gasteiger partial charge on any atom is -0.480 e. The lowest BCUT2D eigenvalue weighted by molar-refractivity contribution is -0.141. The number of carbonyl (C=O) groups is 4. The van der Waals surface area contributed by atoms with Gasteiger partial charge in [-0.1, -0.05) is 11.6 Å². The average Bonchev–Trinajstić information content (AvgIpc) is 2.63. The standard InChI is InChI=1S/C14H14N2O5/c1-7-3-4-9-10(5-7)13(19)16(12(9)18)6-11(17)15-8(2)14(20)21/h3-5,8H,6H2,1-2H3,(H,15,17)(H,20,21)/t8-/m1/s1. The summed E-state index contributed by atoms with van der Waals surface area (Å²) >= 11 is 0. The number of nitrogens with one attached hydrogen (secondary N) is 1. The maximum absolute atomic E-state index is 12.1. The van der Waals surface area contributed by atoms with E-state index in [1.807, 2.05) is 0 Å². The Labute approximate surface area is 120 Å². The quantitative estimate of drug-likeness (QED) is 0.770. The average molecular weight is 290 g/mol. The van der Waals surface area contributed by atoms with Crippen molar-refractivity contribution in [1.29, 1.82) is 0 Å². The maximum atomic E-state index is 12.1. The molecule has 0 saturated heterocycles. The van der Waals surface area contributed by atoms with E-state index in [0.717, 1.165) is 10.5 Å². The molecule has 0 unspecified atom stereocenters. The first kappa shape index (κ1) is 14.7. The van der Waals surface area contributed by atoms with Crippen molar-refractivity contribution in [3.63, 3.8) is 0 Å². The van der Waals surface area contributed by atoms with Crippen molar-refractivity contribution >= 4 is 23.7 Å². The first-order valence-corrected chi connectivity index (χ1v) is 6.30. The molecule has 1 aromatic rings. The summed E-state index contributed by atoms with van der Waals surface area (Å²) in [6.07, 6.45) is 0. The molecule has 110 valence electrons. The number of aliphatic carboxylic acids is 1. The summed E-state index contributed by atoms with van der Waals surface area (Å²) in [5.41, 5.74) is 1.35. The largest absolute Gasteiger partial charge is 0.480 e. The number of fused-ring (bicyclic) bond motifs is 1. The number of amides is 3. The van der Waals surface area contributed by atoms with Gasteiger partial charge in [0.1, 0.15) is 12.6 Å². The third-order valence-corrected chi connectivity index (χ3v) is 3.18. The van der Waals surface area contributed by atoms with E-state index in [2.05, 4.69) is 5.32 Å². The fourth-order valence-corrected chi connectivity index (χ4v) is 2.04. The zero-order chi connectivity index (χ0) is 15.7. The van der Waals surface area contributed by atoms with Gasteiger partial charge in [-0.05, 0) is 26.0 Å². The summed E-state index contributed by atoms with van der Waals surface area (Å²) in [4.78, 5) is 47.4. The molecule has 1 aliphatic rings. The van der Waals surface area contributed by atoms with Crippen LogP contribution in [0.1, 0.15) is 33.2 Å². The van der Waals surface area contributed by atoms with E-state index in [0.29, 0.717) is 0 Å². The van der Waals surface area contributed by atoms with Crippen LogP contribution in [0.3, 0.4) is 0 Å². The number of rotatable bonds is 4. The van der Waals surface area contributed by atoms with Crippen molar-refractivity contribution in [2.24, 2.45) is 0 Å². The summed E-state index contributed by atoms with van der Waals surface area (Å²) in [5.74, 6) is -2.98. The van der Waals surface area contributed by atoms with Gasteiger partial charge in [0.05, 0.1) is 11.1 Å². The van der Waals surface area contributed by atoms with E-state index in [-0.39, 0.29) is 11.1 Å².